The van der Waals surface area contributed by atoms with Crippen molar-refractivity contribution >= 4 is 5.97 Å². The Balaban J connectivity index is 2.27. The molecule has 8 nitrogen and oxygen atoms in total. The number of carboxylic acids is 1. The van der Waals surface area contributed by atoms with E-state index < -0.39 is 43.2 Å². The first kappa shape index (κ1) is 20.3. The molecule has 1 unspecified atom stereocenters. The van der Waals surface area contributed by atoms with Gasteiger partial charge in [0.25, 0.3) is 0 Å². The van der Waals surface area contributed by atoms with Gasteiger partial charge < -0.3 is 30.6 Å². The van der Waals surface area contributed by atoms with Gasteiger partial charge in [0, 0.05) is 13.0 Å². The quantitative estimate of drug-likeness (QED) is 0.276. The third-order valence-electron chi connectivity index (χ3n) is 4.41. The van der Waals surface area contributed by atoms with Crippen molar-refractivity contribution in [3.8, 4) is 0 Å². The van der Waals surface area contributed by atoms with Gasteiger partial charge in [0.2, 0.25) is 0 Å². The van der Waals surface area contributed by atoms with Crippen LogP contribution in [0.1, 0.15) is 44.9 Å². The average molecular weight is 335 g/mol. The molecule has 1 aliphatic rings. The van der Waals surface area contributed by atoms with E-state index in [0.717, 1.165) is 25.7 Å². The highest BCUT2D eigenvalue weighted by Gasteiger charge is 2.46. The zero-order valence-electron chi connectivity index (χ0n) is 13.3. The van der Waals surface area contributed by atoms with Crippen LogP contribution in [-0.4, -0.2) is 85.2 Å². The molecule has 1 aliphatic heterocycles. The second-order valence-electron chi connectivity index (χ2n) is 6.14. The van der Waals surface area contributed by atoms with Gasteiger partial charge in [-0.25, -0.2) is 0 Å². The molecular formula is C15H29NO7. The summed E-state index contributed by atoms with van der Waals surface area (Å²) in [5.74, 6) is -0.779. The molecule has 1 fully saturated rings. The third kappa shape index (κ3) is 5.98. The van der Waals surface area contributed by atoms with Gasteiger partial charge in [-0.3, -0.25) is 9.69 Å². The lowest BCUT2D eigenvalue weighted by Crippen LogP contribution is -2.67. The van der Waals surface area contributed by atoms with Crippen LogP contribution in [0.2, 0.25) is 0 Å². The first-order chi connectivity index (χ1) is 10.9. The summed E-state index contributed by atoms with van der Waals surface area (Å²) < 4.78 is 0. The van der Waals surface area contributed by atoms with Crippen LogP contribution in [0, 0.1) is 0 Å². The van der Waals surface area contributed by atoms with Crippen LogP contribution < -0.4 is 0 Å². The highest BCUT2D eigenvalue weighted by atomic mass is 16.4. The first-order valence-electron chi connectivity index (χ1n) is 8.20. The Hall–Kier alpha value is -0.770. The van der Waals surface area contributed by atoms with E-state index in [-0.39, 0.29) is 6.42 Å². The minimum absolute atomic E-state index is 0.191. The Kier molecular flexibility index (Phi) is 8.96. The lowest BCUT2D eigenvalue weighted by atomic mass is 9.92. The lowest BCUT2D eigenvalue weighted by molar-refractivity contribution is -0.222. The molecule has 0 bridgehead atoms. The monoisotopic (exact) mass is 335 g/mol. The smallest absolute Gasteiger partial charge is 0.303 e. The molecule has 0 aromatic heterocycles. The number of aliphatic hydroxyl groups excluding tert-OH is 5. The Morgan fingerprint density at radius 1 is 0.826 bits per heavy atom. The van der Waals surface area contributed by atoms with E-state index in [2.05, 4.69) is 0 Å². The van der Waals surface area contributed by atoms with Crippen molar-refractivity contribution in [3.63, 3.8) is 0 Å². The molecule has 0 amide bonds. The molecule has 0 radical (unpaired) electrons. The fourth-order valence-corrected chi connectivity index (χ4v) is 2.98. The number of hydrogen-bond donors (Lipinski definition) is 6. The Morgan fingerprint density at radius 3 is 1.96 bits per heavy atom. The van der Waals surface area contributed by atoms with E-state index in [1.54, 1.807) is 0 Å². The largest absolute Gasteiger partial charge is 0.481 e. The van der Waals surface area contributed by atoms with E-state index in [4.69, 9.17) is 5.11 Å². The average Bonchev–Trinajstić information content (AvgIpc) is 2.52. The Labute approximate surface area is 136 Å². The Morgan fingerprint density at radius 2 is 1.39 bits per heavy atom. The van der Waals surface area contributed by atoms with Crippen molar-refractivity contribution < 1.29 is 35.4 Å². The highest BCUT2D eigenvalue weighted by Crippen LogP contribution is 2.24. The van der Waals surface area contributed by atoms with Crippen molar-refractivity contribution in [2.45, 2.75) is 75.5 Å². The summed E-state index contributed by atoms with van der Waals surface area (Å²) in [6, 6.07) is -0.807. The van der Waals surface area contributed by atoms with Gasteiger partial charge in [0.1, 0.15) is 24.5 Å². The van der Waals surface area contributed by atoms with Gasteiger partial charge >= 0.3 is 5.97 Å². The Bertz CT molecular complexity index is 355. The van der Waals surface area contributed by atoms with Crippen LogP contribution in [0.25, 0.3) is 0 Å². The van der Waals surface area contributed by atoms with Crippen LogP contribution in [0.4, 0.5) is 0 Å². The minimum Gasteiger partial charge on any atom is -0.481 e. The number of carbonyl (C=O) groups is 1. The van der Waals surface area contributed by atoms with E-state index in [1.807, 2.05) is 0 Å². The molecular weight excluding hydrogens is 306 g/mol. The summed E-state index contributed by atoms with van der Waals surface area (Å²) in [6.45, 7) is -0.0282. The van der Waals surface area contributed by atoms with Gasteiger partial charge in [-0.15, -0.1) is 0 Å². The lowest BCUT2D eigenvalue weighted by Gasteiger charge is -2.46. The molecule has 136 valence electrons. The van der Waals surface area contributed by atoms with Gasteiger partial charge in [0.05, 0.1) is 12.6 Å². The zero-order chi connectivity index (χ0) is 17.4. The summed E-state index contributed by atoms with van der Waals surface area (Å²) in [5.41, 5.74) is 0. The molecule has 0 aromatic rings. The normalized spacial score (nSPS) is 32.1. The number of piperidine rings is 1. The highest BCUT2D eigenvalue weighted by molar-refractivity contribution is 5.66. The van der Waals surface area contributed by atoms with Gasteiger partial charge in [-0.1, -0.05) is 25.7 Å². The second-order valence-corrected chi connectivity index (χ2v) is 6.14. The maximum absolute atomic E-state index is 10.4. The number of hydrogen-bond acceptors (Lipinski definition) is 7. The standard InChI is InChI=1S/C15H29NO7/c17-9-10-12(20)13(21)14(22)15(23)16(10)8-6-4-2-1-3-5-7-11(18)19/h10,12-15,17,20-23H,1-9H2,(H,18,19)/t10-,12-,13+,14-,15?/m1/s1. The number of aliphatic carboxylic acids is 1. The van der Waals surface area contributed by atoms with E-state index in [9.17, 15) is 30.3 Å². The molecule has 5 atom stereocenters. The summed E-state index contributed by atoms with van der Waals surface area (Å²) in [5, 5.41) is 57.1. The van der Waals surface area contributed by atoms with Crippen LogP contribution in [0.5, 0.6) is 0 Å². The predicted molar refractivity (Wildman–Crippen MR) is 81.6 cm³/mol. The van der Waals surface area contributed by atoms with Crippen LogP contribution in [-0.2, 0) is 4.79 Å². The summed E-state index contributed by atoms with van der Waals surface area (Å²) in [4.78, 5) is 11.8. The van der Waals surface area contributed by atoms with E-state index >= 15 is 0 Å². The first-order valence-corrected chi connectivity index (χ1v) is 8.20. The van der Waals surface area contributed by atoms with E-state index in [0.29, 0.717) is 19.4 Å². The molecule has 6 N–H and O–H groups in total. The number of rotatable bonds is 10. The molecule has 1 rings (SSSR count). The number of nitrogens with zero attached hydrogens (tertiary/aromatic N) is 1. The molecule has 0 spiro atoms. The van der Waals surface area contributed by atoms with Crippen molar-refractivity contribution in [2.24, 2.45) is 0 Å². The molecule has 0 aromatic carbocycles. The molecule has 23 heavy (non-hydrogen) atoms. The number of aliphatic hydroxyl groups is 5. The van der Waals surface area contributed by atoms with Crippen LogP contribution >= 0.6 is 0 Å². The molecule has 1 saturated heterocycles. The molecule has 0 aliphatic carbocycles. The molecule has 1 heterocycles. The second kappa shape index (κ2) is 10.2. The fourth-order valence-electron chi connectivity index (χ4n) is 2.98. The van der Waals surface area contributed by atoms with Gasteiger partial charge in [-0.2, -0.15) is 0 Å². The summed E-state index contributed by atoms with van der Waals surface area (Å²) in [6.07, 6.45) is -0.414. The summed E-state index contributed by atoms with van der Waals surface area (Å²) in [7, 11) is 0. The summed E-state index contributed by atoms with van der Waals surface area (Å²) >= 11 is 0. The fraction of sp³-hybridized carbons (Fsp3) is 0.933. The van der Waals surface area contributed by atoms with Crippen LogP contribution in [0.3, 0.4) is 0 Å². The molecule has 0 saturated carbocycles. The van der Waals surface area contributed by atoms with Crippen molar-refractivity contribution in [1.29, 1.82) is 0 Å². The maximum Gasteiger partial charge on any atom is 0.303 e. The van der Waals surface area contributed by atoms with Crippen molar-refractivity contribution in [2.75, 3.05) is 13.2 Å². The zero-order valence-corrected chi connectivity index (χ0v) is 13.3. The predicted octanol–water partition coefficient (Wildman–Crippen LogP) is -1.12. The topological polar surface area (TPSA) is 142 Å². The van der Waals surface area contributed by atoms with Gasteiger partial charge in [0.15, 0.2) is 0 Å². The number of carboxylic acid groups (broad SMARTS) is 1. The van der Waals surface area contributed by atoms with E-state index in [1.165, 1.54) is 4.90 Å². The van der Waals surface area contributed by atoms with Crippen LogP contribution in [0.15, 0.2) is 0 Å². The number of likely N-dealkylation sites (tertiary alicyclic amines) is 1. The SMILES string of the molecule is O=C(O)CCCCCCCCN1C(O)[C@H](O)[C@@H](O)[C@H](O)[C@H]1CO. The van der Waals surface area contributed by atoms with Crippen molar-refractivity contribution in [1.82, 2.24) is 4.90 Å². The maximum atomic E-state index is 10.4. The molecule has 8 heteroatoms. The van der Waals surface area contributed by atoms with Crippen molar-refractivity contribution in [3.05, 3.63) is 0 Å². The third-order valence-corrected chi connectivity index (χ3v) is 4.41. The van der Waals surface area contributed by atoms with Gasteiger partial charge in [-0.05, 0) is 12.8 Å². The minimum atomic E-state index is -1.48. The number of unbranched alkanes of at least 4 members (excludes halogenated alkanes) is 5.